The molecule has 3 aromatic rings. The Morgan fingerprint density at radius 2 is 2.07 bits per heavy atom. The van der Waals surface area contributed by atoms with E-state index in [1.165, 1.54) is 0 Å². The summed E-state index contributed by atoms with van der Waals surface area (Å²) in [6, 6.07) is 7.83. The summed E-state index contributed by atoms with van der Waals surface area (Å²) in [5.41, 5.74) is 3.56. The lowest BCUT2D eigenvalue weighted by Crippen LogP contribution is -2.39. The van der Waals surface area contributed by atoms with E-state index in [1.807, 2.05) is 55.2 Å². The van der Waals surface area contributed by atoms with E-state index < -0.39 is 0 Å². The van der Waals surface area contributed by atoms with Crippen LogP contribution in [0.2, 0.25) is 0 Å². The fraction of sp³-hybridized carbons (Fsp3) is 0.381. The number of fused-ring (bicyclic) bond motifs is 1. The first kappa shape index (κ1) is 17.5. The Kier molecular flexibility index (Phi) is 4.56. The van der Waals surface area contributed by atoms with Crippen molar-refractivity contribution in [1.29, 1.82) is 0 Å². The van der Waals surface area contributed by atoms with Gasteiger partial charge in [0.05, 0.1) is 22.8 Å². The predicted octanol–water partition coefficient (Wildman–Crippen LogP) is 3.47. The van der Waals surface area contributed by atoms with E-state index in [9.17, 15) is 4.79 Å². The molecule has 4 heterocycles. The van der Waals surface area contributed by atoms with Gasteiger partial charge >= 0.3 is 0 Å². The van der Waals surface area contributed by atoms with Gasteiger partial charge < -0.3 is 14.2 Å². The second kappa shape index (κ2) is 7.02. The molecule has 1 amide bonds. The first-order valence-electron chi connectivity index (χ1n) is 9.43. The summed E-state index contributed by atoms with van der Waals surface area (Å²) in [5.74, 6) is 0.959. The van der Waals surface area contributed by atoms with E-state index in [2.05, 4.69) is 21.6 Å². The minimum Gasteiger partial charge on any atom is -0.361 e. The number of pyridine rings is 1. The van der Waals surface area contributed by atoms with Gasteiger partial charge in [0.1, 0.15) is 0 Å². The monoisotopic (exact) mass is 363 g/mol. The van der Waals surface area contributed by atoms with Gasteiger partial charge in [0.15, 0.2) is 5.82 Å². The second-order valence-corrected chi connectivity index (χ2v) is 7.38. The summed E-state index contributed by atoms with van der Waals surface area (Å²) < 4.78 is 2.10. The average Bonchev–Trinajstić information content (AvgIpc) is 3.15. The van der Waals surface area contributed by atoms with Crippen LogP contribution in [0.5, 0.6) is 0 Å². The van der Waals surface area contributed by atoms with Crippen LogP contribution in [0.1, 0.15) is 47.1 Å². The van der Waals surface area contributed by atoms with E-state index in [4.69, 9.17) is 4.98 Å². The summed E-state index contributed by atoms with van der Waals surface area (Å²) >= 11 is 0. The smallest absolute Gasteiger partial charge is 0.255 e. The summed E-state index contributed by atoms with van der Waals surface area (Å²) in [5, 5.41) is 0. The molecule has 1 atom stereocenters. The van der Waals surface area contributed by atoms with E-state index in [1.54, 1.807) is 6.20 Å². The largest absolute Gasteiger partial charge is 0.361 e. The zero-order chi connectivity index (χ0) is 19.0. The molecule has 0 radical (unpaired) electrons. The van der Waals surface area contributed by atoms with Gasteiger partial charge in [0.25, 0.3) is 5.91 Å². The van der Waals surface area contributed by atoms with Gasteiger partial charge in [0, 0.05) is 44.9 Å². The Morgan fingerprint density at radius 3 is 2.81 bits per heavy atom. The molecule has 0 aromatic carbocycles. The molecule has 140 valence electrons. The molecule has 0 aliphatic carbocycles. The topological polar surface area (TPSA) is 53.7 Å². The van der Waals surface area contributed by atoms with Crippen LogP contribution in [0.15, 0.2) is 42.9 Å². The molecule has 0 N–H and O–H groups in total. The standard InChI is InChI=1S/C21H25N5O/c1-15-9-10-16(13-22-15)21(27)26-12-5-4-7-18(26)17-14-25-11-6-8-19(25)20(23-17)24(2)3/h6,8-11,13-14,18H,4-5,7,12H2,1-3H3/t18-/m1/s1. The number of rotatable bonds is 3. The molecular formula is C21H25N5O. The van der Waals surface area contributed by atoms with Gasteiger partial charge in [0.2, 0.25) is 0 Å². The Labute approximate surface area is 159 Å². The Hall–Kier alpha value is -2.89. The molecule has 1 aliphatic heterocycles. The van der Waals surface area contributed by atoms with Crippen molar-refractivity contribution in [2.24, 2.45) is 0 Å². The van der Waals surface area contributed by atoms with Gasteiger partial charge in [-0.2, -0.15) is 0 Å². The van der Waals surface area contributed by atoms with Crippen molar-refractivity contribution >= 4 is 17.2 Å². The number of aromatic nitrogens is 3. The summed E-state index contributed by atoms with van der Waals surface area (Å²) in [6.45, 7) is 2.68. The lowest BCUT2D eigenvalue weighted by atomic mass is 9.98. The maximum atomic E-state index is 13.2. The molecule has 1 saturated heterocycles. The number of aryl methyl sites for hydroxylation is 1. The lowest BCUT2D eigenvalue weighted by molar-refractivity contribution is 0.0605. The highest BCUT2D eigenvalue weighted by atomic mass is 16.2. The number of carbonyl (C=O) groups is 1. The Morgan fingerprint density at radius 1 is 1.22 bits per heavy atom. The van der Waals surface area contributed by atoms with Crippen molar-refractivity contribution in [3.05, 3.63) is 59.8 Å². The van der Waals surface area contributed by atoms with Gasteiger partial charge in [-0.15, -0.1) is 0 Å². The zero-order valence-corrected chi connectivity index (χ0v) is 16.1. The second-order valence-electron chi connectivity index (χ2n) is 7.38. The van der Waals surface area contributed by atoms with Crippen LogP contribution in [-0.2, 0) is 0 Å². The van der Waals surface area contributed by atoms with E-state index >= 15 is 0 Å². The molecule has 0 unspecified atom stereocenters. The molecule has 1 aliphatic rings. The summed E-state index contributed by atoms with van der Waals surface area (Å²) in [4.78, 5) is 26.4. The van der Waals surface area contributed by atoms with Gasteiger partial charge in [-0.05, 0) is 50.5 Å². The van der Waals surface area contributed by atoms with Crippen LogP contribution in [0, 0.1) is 6.92 Å². The third kappa shape index (κ3) is 3.27. The van der Waals surface area contributed by atoms with E-state index in [0.717, 1.165) is 48.5 Å². The molecule has 0 bridgehead atoms. The number of carbonyl (C=O) groups excluding carboxylic acids is 1. The molecule has 0 spiro atoms. The van der Waals surface area contributed by atoms with Crippen LogP contribution >= 0.6 is 0 Å². The normalized spacial score (nSPS) is 17.3. The third-order valence-corrected chi connectivity index (χ3v) is 5.20. The molecule has 6 nitrogen and oxygen atoms in total. The van der Waals surface area contributed by atoms with Gasteiger partial charge in [-0.3, -0.25) is 9.78 Å². The van der Waals surface area contributed by atoms with Crippen LogP contribution in [-0.4, -0.2) is 45.8 Å². The molecule has 3 aromatic heterocycles. The summed E-state index contributed by atoms with van der Waals surface area (Å²) in [7, 11) is 4.00. The highest BCUT2D eigenvalue weighted by Gasteiger charge is 2.30. The highest BCUT2D eigenvalue weighted by Crippen LogP contribution is 2.33. The minimum atomic E-state index is -0.0157. The zero-order valence-electron chi connectivity index (χ0n) is 16.1. The number of nitrogens with zero attached hydrogens (tertiary/aromatic N) is 5. The predicted molar refractivity (Wildman–Crippen MR) is 106 cm³/mol. The Balaban J connectivity index is 1.73. The van der Waals surface area contributed by atoms with Crippen LogP contribution < -0.4 is 4.90 Å². The van der Waals surface area contributed by atoms with Crippen molar-refractivity contribution < 1.29 is 4.79 Å². The highest BCUT2D eigenvalue weighted by molar-refractivity contribution is 5.94. The van der Waals surface area contributed by atoms with Crippen LogP contribution in [0.4, 0.5) is 5.82 Å². The van der Waals surface area contributed by atoms with Crippen molar-refractivity contribution in [2.45, 2.75) is 32.2 Å². The number of amides is 1. The van der Waals surface area contributed by atoms with Crippen molar-refractivity contribution in [2.75, 3.05) is 25.5 Å². The van der Waals surface area contributed by atoms with Crippen molar-refractivity contribution in [3.63, 3.8) is 0 Å². The maximum absolute atomic E-state index is 13.2. The molecule has 27 heavy (non-hydrogen) atoms. The van der Waals surface area contributed by atoms with Gasteiger partial charge in [-0.1, -0.05) is 0 Å². The maximum Gasteiger partial charge on any atom is 0.255 e. The molecule has 4 rings (SSSR count). The molecule has 6 heteroatoms. The van der Waals surface area contributed by atoms with E-state index in [-0.39, 0.29) is 11.9 Å². The SMILES string of the molecule is Cc1ccc(C(=O)N2CCCC[C@@H]2c2cn3cccc3c(N(C)C)n2)cn1. The molecule has 0 saturated carbocycles. The molecular weight excluding hydrogens is 338 g/mol. The van der Waals surface area contributed by atoms with Crippen LogP contribution in [0.3, 0.4) is 0 Å². The third-order valence-electron chi connectivity index (χ3n) is 5.20. The number of hydrogen-bond acceptors (Lipinski definition) is 4. The molecule has 1 fully saturated rings. The first-order chi connectivity index (χ1) is 13.0. The average molecular weight is 363 g/mol. The number of piperidine rings is 1. The van der Waals surface area contributed by atoms with Gasteiger partial charge in [-0.25, -0.2) is 4.98 Å². The quantitative estimate of drug-likeness (QED) is 0.715. The fourth-order valence-corrected chi connectivity index (χ4v) is 3.78. The van der Waals surface area contributed by atoms with Crippen LogP contribution in [0.25, 0.3) is 5.52 Å². The van der Waals surface area contributed by atoms with E-state index in [0.29, 0.717) is 5.56 Å². The van der Waals surface area contributed by atoms with Crippen molar-refractivity contribution in [1.82, 2.24) is 19.3 Å². The number of likely N-dealkylation sites (tertiary alicyclic amines) is 1. The summed E-state index contributed by atoms with van der Waals surface area (Å²) in [6.07, 6.45) is 8.82. The fourth-order valence-electron chi connectivity index (χ4n) is 3.78. The Bertz CT molecular complexity index is 960. The number of hydrogen-bond donors (Lipinski definition) is 0. The van der Waals surface area contributed by atoms with Crippen molar-refractivity contribution in [3.8, 4) is 0 Å². The first-order valence-corrected chi connectivity index (χ1v) is 9.43. The minimum absolute atomic E-state index is 0.0157. The lowest BCUT2D eigenvalue weighted by Gasteiger charge is -2.35. The number of anilines is 1.